The molecule has 0 saturated heterocycles. The monoisotopic (exact) mass is 251 g/mol. The molecule has 0 bridgehead atoms. The molecule has 0 spiro atoms. The van der Waals surface area contributed by atoms with Gasteiger partial charge in [-0.15, -0.1) is 0 Å². The third-order valence-electron chi connectivity index (χ3n) is 2.16. The van der Waals surface area contributed by atoms with E-state index < -0.39 is 0 Å². The van der Waals surface area contributed by atoms with Gasteiger partial charge in [0.1, 0.15) is 5.69 Å². The van der Waals surface area contributed by atoms with E-state index in [1.54, 1.807) is 0 Å². The lowest BCUT2D eigenvalue weighted by atomic mass is 10.3. The summed E-state index contributed by atoms with van der Waals surface area (Å²) in [6.45, 7) is 6.57. The molecule has 0 fully saturated rings. The summed E-state index contributed by atoms with van der Waals surface area (Å²) >= 11 is 0. The Morgan fingerprint density at radius 2 is 2.28 bits per heavy atom. The van der Waals surface area contributed by atoms with E-state index >= 15 is 0 Å². The lowest BCUT2D eigenvalue weighted by Gasteiger charge is -2.07. The number of amides is 1. The number of methoxy groups -OCH3 is 1. The first kappa shape index (κ1) is 14.1. The SMILES string of the molecule is C=C(C)CNC(=O)c1ccc(=O)n(CCOC)n1. The minimum Gasteiger partial charge on any atom is -0.383 e. The molecule has 1 aromatic heterocycles. The van der Waals surface area contributed by atoms with Crippen LogP contribution in [-0.4, -0.2) is 35.9 Å². The number of hydrogen-bond donors (Lipinski definition) is 1. The van der Waals surface area contributed by atoms with Gasteiger partial charge in [-0.1, -0.05) is 12.2 Å². The normalized spacial score (nSPS) is 10.1. The van der Waals surface area contributed by atoms with Crippen molar-refractivity contribution < 1.29 is 9.53 Å². The number of rotatable bonds is 6. The van der Waals surface area contributed by atoms with Crippen LogP contribution in [0.25, 0.3) is 0 Å². The molecule has 1 rings (SSSR count). The van der Waals surface area contributed by atoms with E-state index in [1.165, 1.54) is 23.9 Å². The maximum absolute atomic E-state index is 11.7. The van der Waals surface area contributed by atoms with Crippen molar-refractivity contribution in [1.29, 1.82) is 0 Å². The number of ether oxygens (including phenoxy) is 1. The number of hydrogen-bond acceptors (Lipinski definition) is 4. The average Bonchev–Trinajstić information content (AvgIpc) is 2.35. The minimum atomic E-state index is -0.329. The molecule has 1 amide bonds. The van der Waals surface area contributed by atoms with Gasteiger partial charge in [0.2, 0.25) is 0 Å². The molecule has 1 N–H and O–H groups in total. The van der Waals surface area contributed by atoms with Crippen molar-refractivity contribution in [2.24, 2.45) is 0 Å². The Balaban J connectivity index is 2.80. The van der Waals surface area contributed by atoms with Crippen molar-refractivity contribution in [2.75, 3.05) is 20.3 Å². The molecule has 0 radical (unpaired) electrons. The van der Waals surface area contributed by atoms with Crippen molar-refractivity contribution in [3.63, 3.8) is 0 Å². The number of nitrogens with zero attached hydrogens (tertiary/aromatic N) is 2. The van der Waals surface area contributed by atoms with Crippen molar-refractivity contribution in [1.82, 2.24) is 15.1 Å². The lowest BCUT2D eigenvalue weighted by molar-refractivity contribution is 0.0948. The molecule has 0 aliphatic rings. The molecule has 98 valence electrons. The lowest BCUT2D eigenvalue weighted by Crippen LogP contribution is -2.31. The van der Waals surface area contributed by atoms with Crippen LogP contribution in [-0.2, 0) is 11.3 Å². The van der Waals surface area contributed by atoms with Crippen LogP contribution < -0.4 is 10.9 Å². The molecule has 0 aromatic carbocycles. The van der Waals surface area contributed by atoms with Gasteiger partial charge in [0.05, 0.1) is 13.2 Å². The molecule has 0 saturated carbocycles. The largest absolute Gasteiger partial charge is 0.383 e. The van der Waals surface area contributed by atoms with E-state index in [2.05, 4.69) is 17.0 Å². The fraction of sp³-hybridized carbons (Fsp3) is 0.417. The predicted octanol–water partition coefficient (Wildman–Crippen LogP) is 0.196. The van der Waals surface area contributed by atoms with Gasteiger partial charge in [0.25, 0.3) is 11.5 Å². The van der Waals surface area contributed by atoms with E-state index in [1.807, 2.05) is 6.92 Å². The second-order valence-corrected chi connectivity index (χ2v) is 3.91. The fourth-order valence-corrected chi connectivity index (χ4v) is 1.23. The number of nitrogens with one attached hydrogen (secondary N) is 1. The Morgan fingerprint density at radius 1 is 1.56 bits per heavy atom. The molecule has 0 aliphatic carbocycles. The second-order valence-electron chi connectivity index (χ2n) is 3.91. The smallest absolute Gasteiger partial charge is 0.271 e. The van der Waals surface area contributed by atoms with Crippen LogP contribution in [0.4, 0.5) is 0 Å². The van der Waals surface area contributed by atoms with Crippen molar-refractivity contribution in [3.8, 4) is 0 Å². The van der Waals surface area contributed by atoms with Crippen molar-refractivity contribution >= 4 is 5.91 Å². The van der Waals surface area contributed by atoms with Gasteiger partial charge in [-0.3, -0.25) is 9.59 Å². The summed E-state index contributed by atoms with van der Waals surface area (Å²) < 4.78 is 6.08. The van der Waals surface area contributed by atoms with E-state index in [9.17, 15) is 9.59 Å². The summed E-state index contributed by atoms with van der Waals surface area (Å²) in [5, 5.41) is 6.62. The van der Waals surface area contributed by atoms with Gasteiger partial charge >= 0.3 is 0 Å². The quantitative estimate of drug-likeness (QED) is 0.733. The molecule has 0 atom stereocenters. The summed E-state index contributed by atoms with van der Waals surface area (Å²) in [4.78, 5) is 23.2. The summed E-state index contributed by atoms with van der Waals surface area (Å²) in [5.41, 5.74) is 0.784. The fourth-order valence-electron chi connectivity index (χ4n) is 1.23. The van der Waals surface area contributed by atoms with Crippen LogP contribution in [0.5, 0.6) is 0 Å². The Morgan fingerprint density at radius 3 is 2.89 bits per heavy atom. The van der Waals surface area contributed by atoms with E-state index in [4.69, 9.17) is 4.74 Å². The minimum absolute atomic E-state index is 0.201. The molecule has 1 aromatic rings. The maximum atomic E-state index is 11.7. The highest BCUT2D eigenvalue weighted by atomic mass is 16.5. The van der Waals surface area contributed by atoms with Crippen LogP contribution in [0.15, 0.2) is 29.1 Å². The van der Waals surface area contributed by atoms with Crippen LogP contribution >= 0.6 is 0 Å². The Hall–Kier alpha value is -1.95. The van der Waals surface area contributed by atoms with E-state index in [0.29, 0.717) is 19.7 Å². The molecule has 6 heteroatoms. The highest BCUT2D eigenvalue weighted by molar-refractivity contribution is 5.92. The van der Waals surface area contributed by atoms with Gasteiger partial charge in [0.15, 0.2) is 0 Å². The average molecular weight is 251 g/mol. The van der Waals surface area contributed by atoms with Gasteiger partial charge in [-0.25, -0.2) is 4.68 Å². The first-order valence-electron chi connectivity index (χ1n) is 5.54. The zero-order chi connectivity index (χ0) is 13.5. The maximum Gasteiger partial charge on any atom is 0.271 e. The molecule has 6 nitrogen and oxygen atoms in total. The topological polar surface area (TPSA) is 73.2 Å². The van der Waals surface area contributed by atoms with Crippen LogP contribution in [0.2, 0.25) is 0 Å². The third-order valence-corrected chi connectivity index (χ3v) is 2.16. The molecular formula is C12H17N3O3. The number of carbonyl (C=O) groups excluding carboxylic acids is 1. The highest BCUT2D eigenvalue weighted by Crippen LogP contribution is 1.92. The zero-order valence-corrected chi connectivity index (χ0v) is 10.6. The van der Waals surface area contributed by atoms with Gasteiger partial charge in [-0.05, 0) is 13.0 Å². The van der Waals surface area contributed by atoms with Crippen molar-refractivity contribution in [3.05, 3.63) is 40.3 Å². The first-order valence-corrected chi connectivity index (χ1v) is 5.54. The number of carbonyl (C=O) groups is 1. The Kier molecular flexibility index (Phi) is 5.26. The Labute approximate surface area is 105 Å². The van der Waals surface area contributed by atoms with Gasteiger partial charge in [-0.2, -0.15) is 5.10 Å². The molecule has 18 heavy (non-hydrogen) atoms. The second kappa shape index (κ2) is 6.70. The summed E-state index contributed by atoms with van der Waals surface area (Å²) in [6.07, 6.45) is 0. The summed E-state index contributed by atoms with van der Waals surface area (Å²) in [7, 11) is 1.54. The van der Waals surface area contributed by atoms with Crippen LogP contribution in [0.3, 0.4) is 0 Å². The van der Waals surface area contributed by atoms with E-state index in [0.717, 1.165) is 5.57 Å². The third kappa shape index (κ3) is 4.14. The van der Waals surface area contributed by atoms with Crippen LogP contribution in [0.1, 0.15) is 17.4 Å². The Bertz CT molecular complexity index is 494. The summed E-state index contributed by atoms with van der Waals surface area (Å²) in [6, 6.07) is 2.72. The number of aromatic nitrogens is 2. The molecule has 0 aliphatic heterocycles. The highest BCUT2D eigenvalue weighted by Gasteiger charge is 2.08. The summed E-state index contributed by atoms with van der Waals surface area (Å²) in [5.74, 6) is -0.329. The zero-order valence-electron chi connectivity index (χ0n) is 10.6. The van der Waals surface area contributed by atoms with Gasteiger partial charge in [0, 0.05) is 19.7 Å². The predicted molar refractivity (Wildman–Crippen MR) is 67.5 cm³/mol. The molecular weight excluding hydrogens is 234 g/mol. The van der Waals surface area contributed by atoms with Crippen molar-refractivity contribution in [2.45, 2.75) is 13.5 Å². The molecule has 1 heterocycles. The van der Waals surface area contributed by atoms with Crippen LogP contribution in [0, 0.1) is 0 Å². The van der Waals surface area contributed by atoms with E-state index in [-0.39, 0.29) is 17.2 Å². The first-order chi connectivity index (χ1) is 8.54. The molecule has 0 unspecified atom stereocenters. The van der Waals surface area contributed by atoms with Gasteiger partial charge < -0.3 is 10.1 Å². The standard InChI is InChI=1S/C12H17N3O3/c1-9(2)8-13-12(17)10-4-5-11(16)15(14-10)6-7-18-3/h4-5H,1,6-8H2,2-3H3,(H,13,17).